The van der Waals surface area contributed by atoms with Crippen LogP contribution in [0.3, 0.4) is 0 Å². The highest BCUT2D eigenvalue weighted by atomic mass is 19.1. The van der Waals surface area contributed by atoms with E-state index in [1.807, 2.05) is 6.92 Å². The Labute approximate surface area is 88.2 Å². The number of carbonyl (C=O) groups is 1. The topological polar surface area (TPSA) is 38.3 Å². The van der Waals surface area contributed by atoms with Crippen LogP contribution in [0.25, 0.3) is 0 Å². The Hall–Kier alpha value is -1.58. The van der Waals surface area contributed by atoms with Crippen LogP contribution in [0.1, 0.15) is 19.8 Å². The van der Waals surface area contributed by atoms with Crippen molar-refractivity contribution < 1.29 is 13.9 Å². The second kappa shape index (κ2) is 5.34. The van der Waals surface area contributed by atoms with Crippen molar-refractivity contribution in [2.45, 2.75) is 19.8 Å². The lowest BCUT2D eigenvalue weighted by Crippen LogP contribution is -2.08. The van der Waals surface area contributed by atoms with Crippen molar-refractivity contribution in [1.82, 2.24) is 0 Å². The van der Waals surface area contributed by atoms with Crippen LogP contribution in [0.2, 0.25) is 0 Å². The molecule has 82 valence electrons. The van der Waals surface area contributed by atoms with Gasteiger partial charge in [-0.3, -0.25) is 4.79 Å². The van der Waals surface area contributed by atoms with Gasteiger partial charge < -0.3 is 10.1 Å². The van der Waals surface area contributed by atoms with Crippen molar-refractivity contribution in [3.63, 3.8) is 0 Å². The fourth-order valence-corrected chi connectivity index (χ4v) is 1.12. The summed E-state index contributed by atoms with van der Waals surface area (Å²) in [6, 6.07) is 4.38. The van der Waals surface area contributed by atoms with E-state index in [9.17, 15) is 9.18 Å². The SMILES string of the molecule is CCCC(=O)Oc1ccc(NC)cc1F. The highest BCUT2D eigenvalue weighted by molar-refractivity contribution is 5.72. The minimum atomic E-state index is -0.536. The average molecular weight is 211 g/mol. The third-order valence-electron chi connectivity index (χ3n) is 1.90. The number of halogens is 1. The molecule has 0 unspecified atom stereocenters. The van der Waals surface area contributed by atoms with Crippen LogP contribution in [0.4, 0.5) is 10.1 Å². The summed E-state index contributed by atoms with van der Waals surface area (Å²) in [5.74, 6) is -0.965. The van der Waals surface area contributed by atoms with Crippen molar-refractivity contribution in [2.24, 2.45) is 0 Å². The van der Waals surface area contributed by atoms with Gasteiger partial charge in [-0.2, -0.15) is 0 Å². The summed E-state index contributed by atoms with van der Waals surface area (Å²) in [5, 5.41) is 2.79. The Bertz CT molecular complexity index is 352. The lowest BCUT2D eigenvalue weighted by Gasteiger charge is -2.06. The van der Waals surface area contributed by atoms with Crippen molar-refractivity contribution >= 4 is 11.7 Å². The van der Waals surface area contributed by atoms with Gasteiger partial charge in [0, 0.05) is 25.2 Å². The third-order valence-corrected chi connectivity index (χ3v) is 1.90. The second-order valence-electron chi connectivity index (χ2n) is 3.12. The molecule has 0 heterocycles. The summed E-state index contributed by atoms with van der Waals surface area (Å²) < 4.78 is 18.2. The second-order valence-corrected chi connectivity index (χ2v) is 3.12. The first-order valence-corrected chi connectivity index (χ1v) is 4.85. The highest BCUT2D eigenvalue weighted by Gasteiger charge is 2.08. The van der Waals surface area contributed by atoms with Gasteiger partial charge in [-0.15, -0.1) is 0 Å². The van der Waals surface area contributed by atoms with Crippen molar-refractivity contribution in [2.75, 3.05) is 12.4 Å². The van der Waals surface area contributed by atoms with Gasteiger partial charge in [0.1, 0.15) is 0 Å². The molecule has 1 aromatic carbocycles. The molecule has 1 aromatic rings. The molecule has 0 atom stereocenters. The molecule has 1 rings (SSSR count). The molecule has 0 aliphatic heterocycles. The molecule has 0 saturated carbocycles. The van der Waals surface area contributed by atoms with Crippen LogP contribution in [-0.4, -0.2) is 13.0 Å². The lowest BCUT2D eigenvalue weighted by atomic mass is 10.3. The van der Waals surface area contributed by atoms with Crippen molar-refractivity contribution in [3.05, 3.63) is 24.0 Å². The molecule has 3 nitrogen and oxygen atoms in total. The number of hydrogen-bond acceptors (Lipinski definition) is 3. The van der Waals surface area contributed by atoms with Gasteiger partial charge in [0.15, 0.2) is 11.6 Å². The van der Waals surface area contributed by atoms with Gasteiger partial charge in [0.25, 0.3) is 0 Å². The number of anilines is 1. The number of benzene rings is 1. The molecule has 4 heteroatoms. The van der Waals surface area contributed by atoms with E-state index in [4.69, 9.17) is 4.74 Å². The number of rotatable bonds is 4. The molecule has 0 aliphatic rings. The molecular formula is C11H14FNO2. The zero-order chi connectivity index (χ0) is 11.3. The summed E-state index contributed by atoms with van der Waals surface area (Å²) in [7, 11) is 1.69. The molecule has 1 N–H and O–H groups in total. The van der Waals surface area contributed by atoms with E-state index in [1.165, 1.54) is 12.1 Å². The molecular weight excluding hydrogens is 197 g/mol. The van der Waals surface area contributed by atoms with Crippen LogP contribution in [0.5, 0.6) is 5.75 Å². The predicted octanol–water partition coefficient (Wildman–Crippen LogP) is 2.57. The lowest BCUT2D eigenvalue weighted by molar-refractivity contribution is -0.134. The quantitative estimate of drug-likeness (QED) is 0.614. The van der Waals surface area contributed by atoms with Crippen LogP contribution >= 0.6 is 0 Å². The van der Waals surface area contributed by atoms with E-state index in [0.29, 0.717) is 18.5 Å². The first-order valence-electron chi connectivity index (χ1n) is 4.85. The monoisotopic (exact) mass is 211 g/mol. The number of hydrogen-bond donors (Lipinski definition) is 1. The maximum absolute atomic E-state index is 13.3. The van der Waals surface area contributed by atoms with Gasteiger partial charge in [-0.25, -0.2) is 4.39 Å². The first-order chi connectivity index (χ1) is 7.17. The maximum Gasteiger partial charge on any atom is 0.311 e. The Kier molecular flexibility index (Phi) is 4.09. The Morgan fingerprint density at radius 3 is 2.80 bits per heavy atom. The zero-order valence-corrected chi connectivity index (χ0v) is 8.84. The number of nitrogens with one attached hydrogen (secondary N) is 1. The van der Waals surface area contributed by atoms with Crippen LogP contribution < -0.4 is 10.1 Å². The molecule has 15 heavy (non-hydrogen) atoms. The summed E-state index contributed by atoms with van der Waals surface area (Å²) >= 11 is 0. The van der Waals surface area contributed by atoms with Crippen LogP contribution in [-0.2, 0) is 4.79 Å². The van der Waals surface area contributed by atoms with E-state index in [0.717, 1.165) is 0 Å². The molecule has 0 aromatic heterocycles. The standard InChI is InChI=1S/C11H14FNO2/c1-3-4-11(14)15-10-6-5-8(13-2)7-9(10)12/h5-7,13H,3-4H2,1-2H3. The normalized spacial score (nSPS) is 9.80. The van der Waals surface area contributed by atoms with Crippen molar-refractivity contribution in [3.8, 4) is 5.75 Å². The first kappa shape index (κ1) is 11.5. The van der Waals surface area contributed by atoms with Crippen LogP contribution in [0, 0.1) is 5.82 Å². The number of ether oxygens (including phenoxy) is 1. The summed E-state index contributed by atoms with van der Waals surface area (Å²) in [6.07, 6.45) is 0.988. The van der Waals surface area contributed by atoms with E-state index in [2.05, 4.69) is 5.32 Å². The molecule has 0 fully saturated rings. The van der Waals surface area contributed by atoms with Gasteiger partial charge in [-0.05, 0) is 18.6 Å². The molecule has 0 bridgehead atoms. The van der Waals surface area contributed by atoms with E-state index < -0.39 is 11.8 Å². The Morgan fingerprint density at radius 1 is 1.53 bits per heavy atom. The zero-order valence-electron chi connectivity index (χ0n) is 8.84. The molecule has 0 radical (unpaired) electrons. The molecule has 0 saturated heterocycles. The van der Waals surface area contributed by atoms with Gasteiger partial charge >= 0.3 is 5.97 Å². The van der Waals surface area contributed by atoms with E-state index >= 15 is 0 Å². The fraction of sp³-hybridized carbons (Fsp3) is 0.364. The third kappa shape index (κ3) is 3.23. The smallest absolute Gasteiger partial charge is 0.311 e. The van der Waals surface area contributed by atoms with E-state index in [-0.39, 0.29) is 5.75 Å². The maximum atomic E-state index is 13.3. The highest BCUT2D eigenvalue weighted by Crippen LogP contribution is 2.21. The minimum absolute atomic E-state index is 0.0209. The Balaban J connectivity index is 2.73. The molecule has 0 aliphatic carbocycles. The number of carbonyl (C=O) groups excluding carboxylic acids is 1. The predicted molar refractivity (Wildman–Crippen MR) is 56.5 cm³/mol. The fourth-order valence-electron chi connectivity index (χ4n) is 1.12. The summed E-state index contributed by atoms with van der Waals surface area (Å²) in [5.41, 5.74) is 0.641. The van der Waals surface area contributed by atoms with Crippen LogP contribution in [0.15, 0.2) is 18.2 Å². The molecule has 0 spiro atoms. The largest absolute Gasteiger partial charge is 0.423 e. The van der Waals surface area contributed by atoms with Crippen molar-refractivity contribution in [1.29, 1.82) is 0 Å². The minimum Gasteiger partial charge on any atom is -0.423 e. The van der Waals surface area contributed by atoms with Gasteiger partial charge in [0.2, 0.25) is 0 Å². The molecule has 0 amide bonds. The summed E-state index contributed by atoms with van der Waals surface area (Å²) in [4.78, 5) is 11.1. The summed E-state index contributed by atoms with van der Waals surface area (Å²) in [6.45, 7) is 1.86. The number of esters is 1. The Morgan fingerprint density at radius 2 is 2.27 bits per heavy atom. The van der Waals surface area contributed by atoms with Gasteiger partial charge in [-0.1, -0.05) is 6.92 Å². The van der Waals surface area contributed by atoms with E-state index in [1.54, 1.807) is 13.1 Å². The average Bonchev–Trinajstić information content (AvgIpc) is 2.21. The van der Waals surface area contributed by atoms with Gasteiger partial charge in [0.05, 0.1) is 0 Å².